The van der Waals surface area contributed by atoms with E-state index in [4.69, 9.17) is 4.84 Å². The molecule has 1 N–H and O–H groups in total. The summed E-state index contributed by atoms with van der Waals surface area (Å²) in [4.78, 5) is 5.52. The Morgan fingerprint density at radius 2 is 1.94 bits per heavy atom. The van der Waals surface area contributed by atoms with Gasteiger partial charge in [0, 0.05) is 0 Å². The van der Waals surface area contributed by atoms with E-state index in [1.807, 2.05) is 30.3 Å². The minimum Gasteiger partial charge on any atom is -0.276 e. The number of hydrogen-bond donors (Lipinski definition) is 1. The van der Waals surface area contributed by atoms with Gasteiger partial charge in [-0.1, -0.05) is 51.3 Å². The van der Waals surface area contributed by atoms with E-state index in [2.05, 4.69) is 19.3 Å². The maximum atomic E-state index is 5.52. The van der Waals surface area contributed by atoms with Crippen LogP contribution >= 0.6 is 0 Å². The van der Waals surface area contributed by atoms with Gasteiger partial charge in [-0.2, -0.15) is 0 Å². The predicted molar refractivity (Wildman–Crippen MR) is 69.3 cm³/mol. The zero-order chi connectivity index (χ0) is 11.6. The van der Waals surface area contributed by atoms with E-state index in [1.54, 1.807) is 0 Å². The number of para-hydroxylation sites is 1. The van der Waals surface area contributed by atoms with Crippen molar-refractivity contribution in [2.75, 3.05) is 12.1 Å². The zero-order valence-corrected chi connectivity index (χ0v) is 10.4. The summed E-state index contributed by atoms with van der Waals surface area (Å²) in [6.45, 7) is 5.26. The molecule has 0 aliphatic rings. The van der Waals surface area contributed by atoms with Gasteiger partial charge in [0.05, 0.1) is 12.3 Å². The van der Waals surface area contributed by atoms with E-state index in [9.17, 15) is 0 Å². The largest absolute Gasteiger partial charge is 0.276 e. The summed E-state index contributed by atoms with van der Waals surface area (Å²) in [5.41, 5.74) is 4.01. The molecule has 0 aromatic heterocycles. The van der Waals surface area contributed by atoms with Gasteiger partial charge in [-0.05, 0) is 24.5 Å². The molecule has 0 saturated carbocycles. The molecule has 0 bridgehead atoms. The van der Waals surface area contributed by atoms with Crippen LogP contribution in [0.5, 0.6) is 0 Å². The van der Waals surface area contributed by atoms with Crippen molar-refractivity contribution in [3.63, 3.8) is 0 Å². The SMILES string of the molecule is CCCCC(CC)CONc1ccccc1. The molecule has 0 aliphatic carbocycles. The van der Waals surface area contributed by atoms with E-state index in [1.165, 1.54) is 25.7 Å². The molecule has 0 fully saturated rings. The lowest BCUT2D eigenvalue weighted by molar-refractivity contribution is 0.141. The fourth-order valence-electron chi connectivity index (χ4n) is 1.65. The highest BCUT2D eigenvalue weighted by Gasteiger charge is 2.05. The minimum absolute atomic E-state index is 0.677. The van der Waals surface area contributed by atoms with Crippen LogP contribution in [-0.4, -0.2) is 6.61 Å². The Balaban J connectivity index is 2.18. The van der Waals surface area contributed by atoms with Crippen LogP contribution in [-0.2, 0) is 4.84 Å². The molecule has 1 aromatic rings. The first kappa shape index (κ1) is 13.0. The Morgan fingerprint density at radius 1 is 1.19 bits per heavy atom. The van der Waals surface area contributed by atoms with Crippen molar-refractivity contribution in [1.29, 1.82) is 0 Å². The highest BCUT2D eigenvalue weighted by molar-refractivity contribution is 5.39. The van der Waals surface area contributed by atoms with Crippen molar-refractivity contribution in [1.82, 2.24) is 0 Å². The van der Waals surface area contributed by atoms with Crippen LogP contribution < -0.4 is 5.48 Å². The lowest BCUT2D eigenvalue weighted by atomic mass is 10.0. The fourth-order valence-corrected chi connectivity index (χ4v) is 1.65. The normalized spacial score (nSPS) is 12.4. The summed E-state index contributed by atoms with van der Waals surface area (Å²) >= 11 is 0. The molecule has 90 valence electrons. The molecule has 2 heteroatoms. The smallest absolute Gasteiger partial charge is 0.0774 e. The second kappa shape index (κ2) is 8.17. The standard InChI is InChI=1S/C14H23NO/c1-3-5-9-13(4-2)12-16-15-14-10-7-6-8-11-14/h6-8,10-11,13,15H,3-5,9,12H2,1-2H3. The number of anilines is 1. The number of benzene rings is 1. The molecule has 0 spiro atoms. The van der Waals surface area contributed by atoms with Gasteiger partial charge in [-0.3, -0.25) is 10.3 Å². The predicted octanol–water partition coefficient (Wildman–Crippen LogP) is 4.25. The van der Waals surface area contributed by atoms with E-state index in [0.29, 0.717) is 5.92 Å². The number of rotatable bonds is 8. The molecule has 0 amide bonds. The Kier molecular flexibility index (Phi) is 6.66. The quantitative estimate of drug-likeness (QED) is 0.663. The highest BCUT2D eigenvalue weighted by Crippen LogP contribution is 2.13. The van der Waals surface area contributed by atoms with Crippen molar-refractivity contribution in [2.24, 2.45) is 5.92 Å². The van der Waals surface area contributed by atoms with Gasteiger partial charge in [0.25, 0.3) is 0 Å². The van der Waals surface area contributed by atoms with Gasteiger partial charge >= 0.3 is 0 Å². The summed E-state index contributed by atoms with van der Waals surface area (Å²) in [7, 11) is 0. The van der Waals surface area contributed by atoms with Crippen molar-refractivity contribution in [3.8, 4) is 0 Å². The first-order chi connectivity index (χ1) is 7.86. The van der Waals surface area contributed by atoms with Crippen LogP contribution in [0.4, 0.5) is 5.69 Å². The summed E-state index contributed by atoms with van der Waals surface area (Å²) in [5.74, 6) is 0.677. The molecule has 1 aromatic carbocycles. The molecule has 1 rings (SSSR count). The molecule has 0 aliphatic heterocycles. The highest BCUT2D eigenvalue weighted by atomic mass is 16.6. The van der Waals surface area contributed by atoms with Gasteiger partial charge in [-0.15, -0.1) is 0 Å². The van der Waals surface area contributed by atoms with Gasteiger partial charge < -0.3 is 0 Å². The average molecular weight is 221 g/mol. The van der Waals surface area contributed by atoms with E-state index >= 15 is 0 Å². The topological polar surface area (TPSA) is 21.3 Å². The third-order valence-electron chi connectivity index (χ3n) is 2.83. The zero-order valence-electron chi connectivity index (χ0n) is 10.4. The van der Waals surface area contributed by atoms with Crippen LogP contribution in [0.1, 0.15) is 39.5 Å². The lowest BCUT2D eigenvalue weighted by Crippen LogP contribution is -2.12. The molecular formula is C14H23NO. The fraction of sp³-hybridized carbons (Fsp3) is 0.571. The number of hydrogen-bond acceptors (Lipinski definition) is 2. The molecule has 0 radical (unpaired) electrons. The minimum atomic E-state index is 0.677. The van der Waals surface area contributed by atoms with Gasteiger partial charge in [-0.25, -0.2) is 0 Å². The number of unbranched alkanes of at least 4 members (excludes halogenated alkanes) is 1. The molecule has 1 atom stereocenters. The molecular weight excluding hydrogens is 198 g/mol. The summed E-state index contributed by atoms with van der Waals surface area (Å²) in [5, 5.41) is 0. The second-order valence-corrected chi connectivity index (χ2v) is 4.20. The van der Waals surface area contributed by atoms with Crippen molar-refractivity contribution in [3.05, 3.63) is 30.3 Å². The van der Waals surface area contributed by atoms with Crippen LogP contribution in [0, 0.1) is 5.92 Å². The van der Waals surface area contributed by atoms with Gasteiger partial charge in [0.15, 0.2) is 0 Å². The number of nitrogens with one attached hydrogen (secondary N) is 1. The average Bonchev–Trinajstić information content (AvgIpc) is 2.35. The Bertz CT molecular complexity index is 261. The summed E-state index contributed by atoms with van der Waals surface area (Å²) in [6.07, 6.45) is 5.02. The molecule has 0 saturated heterocycles. The third-order valence-corrected chi connectivity index (χ3v) is 2.83. The van der Waals surface area contributed by atoms with Crippen LogP contribution in [0.15, 0.2) is 30.3 Å². The maximum absolute atomic E-state index is 5.52. The van der Waals surface area contributed by atoms with E-state index in [0.717, 1.165) is 12.3 Å². The Hall–Kier alpha value is -1.02. The van der Waals surface area contributed by atoms with Crippen LogP contribution in [0.25, 0.3) is 0 Å². The Morgan fingerprint density at radius 3 is 2.56 bits per heavy atom. The second-order valence-electron chi connectivity index (χ2n) is 4.20. The first-order valence-electron chi connectivity index (χ1n) is 6.29. The maximum Gasteiger partial charge on any atom is 0.0774 e. The molecule has 16 heavy (non-hydrogen) atoms. The van der Waals surface area contributed by atoms with Crippen molar-refractivity contribution in [2.45, 2.75) is 39.5 Å². The van der Waals surface area contributed by atoms with Crippen molar-refractivity contribution < 1.29 is 4.84 Å². The summed E-state index contributed by atoms with van der Waals surface area (Å²) in [6, 6.07) is 10.0. The molecule has 0 heterocycles. The first-order valence-corrected chi connectivity index (χ1v) is 6.29. The van der Waals surface area contributed by atoms with Crippen LogP contribution in [0.2, 0.25) is 0 Å². The molecule has 2 nitrogen and oxygen atoms in total. The third kappa shape index (κ3) is 5.17. The summed E-state index contributed by atoms with van der Waals surface area (Å²) < 4.78 is 0. The van der Waals surface area contributed by atoms with E-state index in [-0.39, 0.29) is 0 Å². The Labute approximate surface area is 99.0 Å². The molecule has 1 unspecified atom stereocenters. The van der Waals surface area contributed by atoms with E-state index < -0.39 is 0 Å². The lowest BCUT2D eigenvalue weighted by Gasteiger charge is -2.15. The van der Waals surface area contributed by atoms with Crippen molar-refractivity contribution >= 4 is 5.69 Å². The van der Waals surface area contributed by atoms with Gasteiger partial charge in [0.2, 0.25) is 0 Å². The van der Waals surface area contributed by atoms with Gasteiger partial charge in [0.1, 0.15) is 0 Å². The van der Waals surface area contributed by atoms with Crippen LogP contribution in [0.3, 0.4) is 0 Å². The monoisotopic (exact) mass is 221 g/mol.